The van der Waals surface area contributed by atoms with E-state index in [9.17, 15) is 18.0 Å². The molecule has 186 valence electrons. The highest BCUT2D eigenvalue weighted by Crippen LogP contribution is 2.24. The van der Waals surface area contributed by atoms with Crippen molar-refractivity contribution >= 4 is 27.5 Å². The first-order valence-corrected chi connectivity index (χ1v) is 13.5. The summed E-state index contributed by atoms with van der Waals surface area (Å²) in [5.41, 5.74) is 4.50. The number of nitrogens with one attached hydrogen (secondary N) is 1. The average Bonchev–Trinajstić information content (AvgIpc) is 2.77. The summed E-state index contributed by atoms with van der Waals surface area (Å²) < 4.78 is 26.4. The summed E-state index contributed by atoms with van der Waals surface area (Å²) in [6.07, 6.45) is 1.65. The van der Waals surface area contributed by atoms with E-state index in [1.54, 1.807) is 11.8 Å². The topological polar surface area (TPSA) is 86.8 Å². The van der Waals surface area contributed by atoms with E-state index in [0.29, 0.717) is 25.2 Å². The Morgan fingerprint density at radius 3 is 2.21 bits per heavy atom. The highest BCUT2D eigenvalue weighted by atomic mass is 32.2. The fourth-order valence-electron chi connectivity index (χ4n) is 3.77. The van der Waals surface area contributed by atoms with Crippen LogP contribution >= 0.6 is 0 Å². The zero-order valence-electron chi connectivity index (χ0n) is 21.1. The second-order valence-electron chi connectivity index (χ2n) is 8.81. The van der Waals surface area contributed by atoms with E-state index in [4.69, 9.17) is 0 Å². The van der Waals surface area contributed by atoms with Crippen molar-refractivity contribution in [2.75, 3.05) is 23.7 Å². The molecule has 0 fully saturated rings. The molecule has 1 N–H and O–H groups in total. The van der Waals surface area contributed by atoms with Crippen LogP contribution < -0.4 is 9.62 Å². The first kappa shape index (κ1) is 27.4. The van der Waals surface area contributed by atoms with Crippen molar-refractivity contribution < 1.29 is 18.0 Å². The van der Waals surface area contributed by atoms with E-state index in [1.165, 1.54) is 10.6 Å². The van der Waals surface area contributed by atoms with Crippen LogP contribution in [0.25, 0.3) is 0 Å². The second-order valence-corrected chi connectivity index (χ2v) is 10.7. The van der Waals surface area contributed by atoms with Gasteiger partial charge in [0.2, 0.25) is 21.8 Å². The molecule has 1 unspecified atom stereocenters. The van der Waals surface area contributed by atoms with Crippen molar-refractivity contribution in [2.45, 2.75) is 60.0 Å². The van der Waals surface area contributed by atoms with Crippen molar-refractivity contribution in [3.05, 3.63) is 64.7 Å². The minimum atomic E-state index is -3.52. The number of sulfonamides is 1. The maximum Gasteiger partial charge on any atom is 0.242 e. The average molecular weight is 488 g/mol. The summed E-state index contributed by atoms with van der Waals surface area (Å²) in [6.45, 7) is 10.3. The van der Waals surface area contributed by atoms with Gasteiger partial charge in [-0.05, 0) is 63.8 Å². The summed E-state index contributed by atoms with van der Waals surface area (Å²) in [7, 11) is -3.52. The number of nitrogens with zero attached hydrogens (tertiary/aromatic N) is 2. The Morgan fingerprint density at radius 1 is 1.00 bits per heavy atom. The third kappa shape index (κ3) is 7.58. The summed E-state index contributed by atoms with van der Waals surface area (Å²) in [6, 6.07) is 12.9. The largest absolute Gasteiger partial charge is 0.355 e. The fraction of sp³-hybridized carbons (Fsp3) is 0.462. The van der Waals surface area contributed by atoms with Gasteiger partial charge in [-0.2, -0.15) is 0 Å². The zero-order valence-corrected chi connectivity index (χ0v) is 21.9. The second kappa shape index (κ2) is 12.0. The molecular formula is C26H37N3O4S. The van der Waals surface area contributed by atoms with Gasteiger partial charge in [-0.1, -0.05) is 42.0 Å². The Labute approximate surface area is 204 Å². The fourth-order valence-corrected chi connectivity index (χ4v) is 4.78. The number of rotatable bonds is 11. The molecule has 0 bridgehead atoms. The highest BCUT2D eigenvalue weighted by molar-refractivity contribution is 7.92. The van der Waals surface area contributed by atoms with Gasteiger partial charge in [0.25, 0.3) is 0 Å². The lowest BCUT2D eigenvalue weighted by atomic mass is 10.1. The maximum absolute atomic E-state index is 13.2. The van der Waals surface area contributed by atoms with Crippen molar-refractivity contribution in [2.24, 2.45) is 0 Å². The van der Waals surface area contributed by atoms with Crippen molar-refractivity contribution in [1.82, 2.24) is 10.2 Å². The first-order chi connectivity index (χ1) is 15.9. The Kier molecular flexibility index (Phi) is 9.67. The van der Waals surface area contributed by atoms with Gasteiger partial charge >= 0.3 is 0 Å². The van der Waals surface area contributed by atoms with Gasteiger partial charge < -0.3 is 10.2 Å². The molecule has 8 heteroatoms. The van der Waals surface area contributed by atoms with Crippen LogP contribution in [0.3, 0.4) is 0 Å². The molecule has 2 rings (SSSR count). The van der Waals surface area contributed by atoms with Crippen molar-refractivity contribution in [3.8, 4) is 0 Å². The molecular weight excluding hydrogens is 450 g/mol. The molecule has 0 saturated carbocycles. The van der Waals surface area contributed by atoms with E-state index in [0.717, 1.165) is 22.3 Å². The molecule has 0 spiro atoms. The lowest BCUT2D eigenvalue weighted by Gasteiger charge is -2.29. The summed E-state index contributed by atoms with van der Waals surface area (Å²) in [5, 5.41) is 2.78. The molecule has 7 nitrogen and oxygen atoms in total. The van der Waals surface area contributed by atoms with Crippen LogP contribution in [0.4, 0.5) is 5.69 Å². The van der Waals surface area contributed by atoms with E-state index in [1.807, 2.05) is 70.2 Å². The smallest absolute Gasteiger partial charge is 0.242 e. The highest BCUT2D eigenvalue weighted by Gasteiger charge is 2.26. The molecule has 0 heterocycles. The number of carbonyl (C=O) groups excluding carboxylic acids is 2. The quantitative estimate of drug-likeness (QED) is 0.523. The normalized spacial score (nSPS) is 12.2. The minimum absolute atomic E-state index is 0.131. The molecule has 2 aromatic carbocycles. The molecule has 0 aromatic heterocycles. The first-order valence-electron chi connectivity index (χ1n) is 11.6. The standard InChI is InChI=1S/C26H37N3O4S/c1-7-27-26(31)22(5)28(18-23-14-11-19(2)12-15-23)25(30)9-8-16-29(34(6,32)33)24-17-20(3)10-13-21(24)4/h10-15,17,22H,7-9,16,18H2,1-6H3,(H,27,31). The van der Waals surface area contributed by atoms with Gasteiger partial charge in [0, 0.05) is 26.1 Å². The number of anilines is 1. The van der Waals surface area contributed by atoms with E-state index in [2.05, 4.69) is 5.32 Å². The minimum Gasteiger partial charge on any atom is -0.355 e. The van der Waals surface area contributed by atoms with E-state index in [-0.39, 0.29) is 24.8 Å². The molecule has 0 aliphatic carbocycles. The third-order valence-corrected chi connectivity index (χ3v) is 6.96. The summed E-state index contributed by atoms with van der Waals surface area (Å²) in [4.78, 5) is 27.3. The zero-order chi connectivity index (χ0) is 25.5. The monoisotopic (exact) mass is 487 g/mol. The van der Waals surface area contributed by atoms with Gasteiger partial charge in [-0.25, -0.2) is 8.42 Å². The predicted molar refractivity (Wildman–Crippen MR) is 137 cm³/mol. The predicted octanol–water partition coefficient (Wildman–Crippen LogP) is 3.71. The number of hydrogen-bond donors (Lipinski definition) is 1. The third-order valence-electron chi connectivity index (χ3n) is 5.78. The molecule has 0 radical (unpaired) electrons. The van der Waals surface area contributed by atoms with Gasteiger partial charge in [0.1, 0.15) is 6.04 Å². The van der Waals surface area contributed by atoms with Crippen LogP contribution in [0.15, 0.2) is 42.5 Å². The lowest BCUT2D eigenvalue weighted by Crippen LogP contribution is -2.47. The SMILES string of the molecule is CCNC(=O)C(C)N(Cc1ccc(C)cc1)C(=O)CCCN(c1cc(C)ccc1C)S(C)(=O)=O. The van der Waals surface area contributed by atoms with Gasteiger partial charge in [-0.15, -0.1) is 0 Å². The molecule has 0 aliphatic rings. The number of likely N-dealkylation sites (N-methyl/N-ethyl adjacent to an activating group) is 1. The Hall–Kier alpha value is -2.87. The maximum atomic E-state index is 13.2. The van der Waals surface area contributed by atoms with Gasteiger partial charge in [-0.3, -0.25) is 13.9 Å². The van der Waals surface area contributed by atoms with Crippen molar-refractivity contribution in [1.29, 1.82) is 0 Å². The molecule has 0 saturated heterocycles. The number of amides is 2. The molecule has 34 heavy (non-hydrogen) atoms. The van der Waals surface area contributed by atoms with Crippen LogP contribution in [-0.4, -0.2) is 50.5 Å². The Bertz CT molecular complexity index is 1100. The molecule has 1 atom stereocenters. The van der Waals surface area contributed by atoms with E-state index >= 15 is 0 Å². The summed E-state index contributed by atoms with van der Waals surface area (Å²) >= 11 is 0. The van der Waals surface area contributed by atoms with Crippen LogP contribution in [0.1, 0.15) is 48.9 Å². The Morgan fingerprint density at radius 2 is 1.62 bits per heavy atom. The van der Waals surface area contributed by atoms with Gasteiger partial charge in [0.15, 0.2) is 0 Å². The van der Waals surface area contributed by atoms with Crippen LogP contribution in [-0.2, 0) is 26.2 Å². The molecule has 2 amide bonds. The lowest BCUT2D eigenvalue weighted by molar-refractivity contribution is -0.140. The molecule has 2 aromatic rings. The van der Waals surface area contributed by atoms with Crippen LogP contribution in [0.2, 0.25) is 0 Å². The van der Waals surface area contributed by atoms with Crippen LogP contribution in [0.5, 0.6) is 0 Å². The van der Waals surface area contributed by atoms with E-state index < -0.39 is 16.1 Å². The van der Waals surface area contributed by atoms with Crippen molar-refractivity contribution in [3.63, 3.8) is 0 Å². The van der Waals surface area contributed by atoms with Gasteiger partial charge in [0.05, 0.1) is 11.9 Å². The van der Waals surface area contributed by atoms with Crippen LogP contribution in [0, 0.1) is 20.8 Å². The number of hydrogen-bond acceptors (Lipinski definition) is 4. The number of benzene rings is 2. The molecule has 0 aliphatic heterocycles. The Balaban J connectivity index is 2.18. The summed E-state index contributed by atoms with van der Waals surface area (Å²) in [5.74, 6) is -0.398. The number of aryl methyl sites for hydroxylation is 3. The number of carbonyl (C=O) groups is 2.